The van der Waals surface area contributed by atoms with Gasteiger partial charge in [-0.15, -0.1) is 0 Å². The monoisotopic (exact) mass is 342 g/mol. The van der Waals surface area contributed by atoms with Crippen LogP contribution in [0.3, 0.4) is 0 Å². The van der Waals surface area contributed by atoms with Gasteiger partial charge in [-0.05, 0) is 31.0 Å². The molecular weight excluding hydrogens is 327 g/mol. The summed E-state index contributed by atoms with van der Waals surface area (Å²) in [5.74, 6) is -0.507. The largest absolute Gasteiger partial charge is 0.378 e. The molecule has 0 aliphatic carbocycles. The lowest BCUT2D eigenvalue weighted by atomic mass is 9.81. The maximum Gasteiger partial charge on any atom is 0.166 e. The average molecular weight is 343 g/mol. The summed E-state index contributed by atoms with van der Waals surface area (Å²) in [4.78, 5) is 12.6. The molecule has 0 N–H and O–H groups in total. The van der Waals surface area contributed by atoms with E-state index in [-0.39, 0.29) is 17.3 Å². The van der Waals surface area contributed by atoms with Crippen molar-refractivity contribution in [2.24, 2.45) is 5.92 Å². The fourth-order valence-corrected chi connectivity index (χ4v) is 3.51. The third-order valence-electron chi connectivity index (χ3n) is 4.08. The Morgan fingerprint density at radius 1 is 1.35 bits per heavy atom. The first kappa shape index (κ1) is 14.2. The molecule has 3 rings (SSSR count). The zero-order chi connectivity index (χ0) is 14.2. The highest BCUT2D eigenvalue weighted by atomic mass is 79.9. The summed E-state index contributed by atoms with van der Waals surface area (Å²) in [7, 11) is 0. The summed E-state index contributed by atoms with van der Waals surface area (Å²) in [6.45, 7) is 1.81. The van der Waals surface area contributed by atoms with Crippen molar-refractivity contribution in [2.75, 3.05) is 19.8 Å². The Hall–Kier alpha value is -0.780. The molecule has 1 spiro atoms. The van der Waals surface area contributed by atoms with Crippen LogP contribution in [0.25, 0.3) is 0 Å². The predicted octanol–water partition coefficient (Wildman–Crippen LogP) is 3.36. The zero-order valence-electron chi connectivity index (χ0n) is 11.0. The molecule has 0 saturated carbocycles. The number of carbonyl (C=O) groups is 1. The van der Waals surface area contributed by atoms with Crippen molar-refractivity contribution in [2.45, 2.75) is 24.9 Å². The second-order valence-electron chi connectivity index (χ2n) is 5.55. The van der Waals surface area contributed by atoms with Crippen molar-refractivity contribution in [3.8, 4) is 0 Å². The van der Waals surface area contributed by atoms with Crippen LogP contribution in [0.1, 0.15) is 29.6 Å². The van der Waals surface area contributed by atoms with Crippen molar-refractivity contribution in [1.82, 2.24) is 0 Å². The van der Waals surface area contributed by atoms with Crippen LogP contribution >= 0.6 is 15.9 Å². The van der Waals surface area contributed by atoms with Crippen LogP contribution in [0, 0.1) is 11.7 Å². The molecule has 0 radical (unpaired) electrons. The van der Waals surface area contributed by atoms with E-state index in [0.717, 1.165) is 6.42 Å². The van der Waals surface area contributed by atoms with E-state index < -0.39 is 5.82 Å². The maximum absolute atomic E-state index is 13.4. The molecule has 2 saturated heterocycles. The number of ether oxygens (including phenoxy) is 2. The summed E-state index contributed by atoms with van der Waals surface area (Å²) in [5.41, 5.74) is 0.126. The molecule has 1 aromatic carbocycles. The summed E-state index contributed by atoms with van der Waals surface area (Å²) >= 11 is 3.23. The quantitative estimate of drug-likeness (QED) is 0.773. The van der Waals surface area contributed by atoms with Crippen molar-refractivity contribution in [3.63, 3.8) is 0 Å². The predicted molar refractivity (Wildman–Crippen MR) is 75.3 cm³/mol. The number of ketones is 1. The van der Waals surface area contributed by atoms with E-state index in [1.807, 2.05) is 0 Å². The van der Waals surface area contributed by atoms with Gasteiger partial charge < -0.3 is 9.47 Å². The third kappa shape index (κ3) is 2.80. The van der Waals surface area contributed by atoms with Gasteiger partial charge in [-0.25, -0.2) is 4.39 Å². The number of benzene rings is 1. The molecule has 108 valence electrons. The summed E-state index contributed by atoms with van der Waals surface area (Å²) in [6, 6.07) is 4.34. The highest BCUT2D eigenvalue weighted by molar-refractivity contribution is 9.10. The average Bonchev–Trinajstić information content (AvgIpc) is 2.85. The SMILES string of the molecule is O=C(c1cc(F)cc(Br)c1)C1CCOC2(CCOC2)C1. The Morgan fingerprint density at radius 3 is 2.90 bits per heavy atom. The van der Waals surface area contributed by atoms with Crippen molar-refractivity contribution < 1.29 is 18.7 Å². The van der Waals surface area contributed by atoms with Gasteiger partial charge in [0.15, 0.2) is 5.78 Å². The number of carbonyl (C=O) groups excluding carboxylic acids is 1. The second-order valence-corrected chi connectivity index (χ2v) is 6.46. The Bertz CT molecular complexity index is 506. The minimum atomic E-state index is -0.395. The van der Waals surface area contributed by atoms with E-state index in [9.17, 15) is 9.18 Å². The van der Waals surface area contributed by atoms with Crippen molar-refractivity contribution in [3.05, 3.63) is 34.1 Å². The van der Waals surface area contributed by atoms with Crippen molar-refractivity contribution in [1.29, 1.82) is 0 Å². The number of hydrogen-bond donors (Lipinski definition) is 0. The number of rotatable bonds is 2. The first-order valence-electron chi connectivity index (χ1n) is 6.80. The van der Waals surface area contributed by atoms with E-state index >= 15 is 0 Å². The van der Waals surface area contributed by atoms with Gasteiger partial charge in [0.25, 0.3) is 0 Å². The molecule has 2 aliphatic heterocycles. The lowest BCUT2D eigenvalue weighted by Crippen LogP contribution is -2.42. The van der Waals surface area contributed by atoms with Gasteiger partial charge in [0.1, 0.15) is 5.82 Å². The van der Waals surface area contributed by atoms with Gasteiger partial charge in [0.05, 0.1) is 12.2 Å². The van der Waals surface area contributed by atoms with E-state index in [1.54, 1.807) is 6.07 Å². The van der Waals surface area contributed by atoms with Crippen LogP contribution in [0.4, 0.5) is 4.39 Å². The molecule has 2 fully saturated rings. The topological polar surface area (TPSA) is 35.5 Å². The molecule has 2 aliphatic rings. The smallest absolute Gasteiger partial charge is 0.166 e. The summed E-state index contributed by atoms with van der Waals surface area (Å²) in [5, 5.41) is 0. The normalized spacial score (nSPS) is 29.8. The van der Waals surface area contributed by atoms with Crippen molar-refractivity contribution >= 4 is 21.7 Å². The Morgan fingerprint density at radius 2 is 2.20 bits per heavy atom. The molecule has 20 heavy (non-hydrogen) atoms. The molecule has 2 unspecified atom stereocenters. The lowest BCUT2D eigenvalue weighted by molar-refractivity contribution is -0.0920. The summed E-state index contributed by atoms with van der Waals surface area (Å²) in [6.07, 6.45) is 2.19. The highest BCUT2D eigenvalue weighted by Crippen LogP contribution is 2.37. The van der Waals surface area contributed by atoms with E-state index in [2.05, 4.69) is 15.9 Å². The highest BCUT2D eigenvalue weighted by Gasteiger charge is 2.43. The first-order chi connectivity index (χ1) is 9.58. The van der Waals surface area contributed by atoms with E-state index in [4.69, 9.17) is 9.47 Å². The fourth-order valence-electron chi connectivity index (χ4n) is 3.05. The van der Waals surface area contributed by atoms with Crippen LogP contribution in [0.2, 0.25) is 0 Å². The van der Waals surface area contributed by atoms with Gasteiger partial charge in [-0.2, -0.15) is 0 Å². The van der Waals surface area contributed by atoms with E-state index in [0.29, 0.717) is 42.7 Å². The van der Waals surface area contributed by atoms with Gasteiger partial charge >= 0.3 is 0 Å². The molecule has 1 aromatic rings. The Kier molecular flexibility index (Phi) is 3.93. The van der Waals surface area contributed by atoms with Gasteiger partial charge in [0, 0.05) is 35.6 Å². The number of Topliss-reactive ketones (excluding diaryl/α,β-unsaturated/α-hetero) is 1. The molecule has 2 heterocycles. The van der Waals surface area contributed by atoms with Gasteiger partial charge in [-0.1, -0.05) is 15.9 Å². The molecular formula is C15H16BrFO3. The van der Waals surface area contributed by atoms with Gasteiger partial charge in [-0.3, -0.25) is 4.79 Å². The molecule has 3 nitrogen and oxygen atoms in total. The van der Waals surface area contributed by atoms with Crippen LogP contribution in [-0.4, -0.2) is 31.2 Å². The minimum absolute atomic E-state index is 0.000208. The number of halogens is 2. The molecule has 0 bridgehead atoms. The standard InChI is InChI=1S/C15H16BrFO3/c16-12-5-11(6-13(17)7-12)14(18)10-1-3-20-15(8-10)2-4-19-9-15/h5-7,10H,1-4,8-9H2. The molecule has 2 atom stereocenters. The Labute approximate surface area is 125 Å². The molecule has 5 heteroatoms. The minimum Gasteiger partial charge on any atom is -0.378 e. The third-order valence-corrected chi connectivity index (χ3v) is 4.54. The van der Waals surface area contributed by atoms with Gasteiger partial charge in [0.2, 0.25) is 0 Å². The van der Waals surface area contributed by atoms with Crippen LogP contribution in [0.15, 0.2) is 22.7 Å². The first-order valence-corrected chi connectivity index (χ1v) is 7.59. The van der Waals surface area contributed by atoms with E-state index in [1.165, 1.54) is 12.1 Å². The molecule has 0 aromatic heterocycles. The molecule has 0 amide bonds. The lowest BCUT2D eigenvalue weighted by Gasteiger charge is -2.36. The number of hydrogen-bond acceptors (Lipinski definition) is 3. The zero-order valence-corrected chi connectivity index (χ0v) is 12.6. The summed E-state index contributed by atoms with van der Waals surface area (Å²) < 4.78 is 25.2. The van der Waals surface area contributed by atoms with Crippen LogP contribution in [0.5, 0.6) is 0 Å². The van der Waals surface area contributed by atoms with Crippen LogP contribution in [-0.2, 0) is 9.47 Å². The maximum atomic E-state index is 13.4. The fraction of sp³-hybridized carbons (Fsp3) is 0.533. The second kappa shape index (κ2) is 5.54. The van der Waals surface area contributed by atoms with Crippen LogP contribution < -0.4 is 0 Å². The Balaban J connectivity index is 1.79.